The average molecular weight is 149 g/mol. The summed E-state index contributed by atoms with van der Waals surface area (Å²) in [4.78, 5) is 4.07. The molecule has 0 aliphatic carbocycles. The fraction of sp³-hybridized carbons (Fsp3) is 0.444. The molecule has 1 aromatic rings. The third kappa shape index (κ3) is 0.897. The topological polar surface area (TPSA) is 22.1 Å². The monoisotopic (exact) mass is 149 g/mol. The van der Waals surface area contributed by atoms with E-state index >= 15 is 0 Å². The van der Waals surface area contributed by atoms with E-state index in [4.69, 9.17) is 4.74 Å². The van der Waals surface area contributed by atoms with Gasteiger partial charge in [0, 0.05) is 23.4 Å². The predicted octanol–water partition coefficient (Wildman–Crippen LogP) is 1.75. The molecule has 1 aromatic heterocycles. The zero-order valence-corrected chi connectivity index (χ0v) is 6.79. The second-order valence-electron chi connectivity index (χ2n) is 3.54. The van der Waals surface area contributed by atoms with E-state index in [0.717, 1.165) is 12.4 Å². The van der Waals surface area contributed by atoms with E-state index in [9.17, 15) is 0 Å². The van der Waals surface area contributed by atoms with Gasteiger partial charge in [-0.3, -0.25) is 4.98 Å². The summed E-state index contributed by atoms with van der Waals surface area (Å²) in [6.45, 7) is 5.11. The van der Waals surface area contributed by atoms with Crippen LogP contribution in [-0.4, -0.2) is 11.6 Å². The Bertz CT molecular complexity index is 281. The fourth-order valence-corrected chi connectivity index (χ4v) is 1.35. The van der Waals surface area contributed by atoms with Gasteiger partial charge in [-0.1, -0.05) is 13.8 Å². The van der Waals surface area contributed by atoms with Crippen molar-refractivity contribution in [2.24, 2.45) is 0 Å². The number of rotatable bonds is 0. The summed E-state index contributed by atoms with van der Waals surface area (Å²) in [5.41, 5.74) is 1.36. The van der Waals surface area contributed by atoms with Crippen molar-refractivity contribution in [3.63, 3.8) is 0 Å². The first-order chi connectivity index (χ1) is 5.20. The van der Waals surface area contributed by atoms with Crippen LogP contribution in [0.2, 0.25) is 0 Å². The van der Waals surface area contributed by atoms with Gasteiger partial charge in [-0.05, 0) is 6.07 Å². The minimum absolute atomic E-state index is 0.142. The molecule has 0 unspecified atom stereocenters. The van der Waals surface area contributed by atoms with E-state index in [-0.39, 0.29) is 5.41 Å². The first kappa shape index (κ1) is 6.65. The third-order valence-electron chi connectivity index (χ3n) is 2.10. The van der Waals surface area contributed by atoms with Gasteiger partial charge >= 0.3 is 0 Å². The van der Waals surface area contributed by atoms with E-state index in [1.807, 2.05) is 12.3 Å². The molecule has 0 radical (unpaired) electrons. The van der Waals surface area contributed by atoms with E-state index in [2.05, 4.69) is 18.8 Å². The van der Waals surface area contributed by atoms with Gasteiger partial charge in [0.05, 0.1) is 6.61 Å². The Balaban J connectivity index is 2.56. The minimum Gasteiger partial charge on any atom is -0.492 e. The molecule has 0 fully saturated rings. The Morgan fingerprint density at radius 1 is 1.55 bits per heavy atom. The minimum atomic E-state index is 0.142. The van der Waals surface area contributed by atoms with Crippen molar-refractivity contribution in [2.75, 3.05) is 6.61 Å². The van der Waals surface area contributed by atoms with Crippen LogP contribution in [0.25, 0.3) is 0 Å². The van der Waals surface area contributed by atoms with Gasteiger partial charge in [0.1, 0.15) is 5.75 Å². The lowest BCUT2D eigenvalue weighted by Crippen LogP contribution is -2.18. The van der Waals surface area contributed by atoms with Crippen LogP contribution in [-0.2, 0) is 5.41 Å². The first-order valence-corrected chi connectivity index (χ1v) is 3.77. The van der Waals surface area contributed by atoms with Crippen LogP contribution in [0.1, 0.15) is 19.4 Å². The van der Waals surface area contributed by atoms with E-state index < -0.39 is 0 Å². The van der Waals surface area contributed by atoms with Crippen LogP contribution in [0.4, 0.5) is 0 Å². The van der Waals surface area contributed by atoms with Crippen molar-refractivity contribution in [2.45, 2.75) is 19.3 Å². The van der Waals surface area contributed by atoms with Crippen LogP contribution >= 0.6 is 0 Å². The molecule has 0 saturated heterocycles. The number of aromatic nitrogens is 1. The SMILES string of the molecule is CC1(C)COc2ccncc21. The summed E-state index contributed by atoms with van der Waals surface area (Å²) in [6.07, 6.45) is 3.66. The molecule has 0 bridgehead atoms. The number of ether oxygens (including phenoxy) is 1. The van der Waals surface area contributed by atoms with E-state index in [0.29, 0.717) is 0 Å². The molecule has 0 saturated carbocycles. The number of nitrogens with zero attached hydrogens (tertiary/aromatic N) is 1. The smallest absolute Gasteiger partial charge is 0.126 e. The number of hydrogen-bond acceptors (Lipinski definition) is 2. The molecule has 0 aromatic carbocycles. The molecule has 0 spiro atoms. The van der Waals surface area contributed by atoms with Crippen molar-refractivity contribution < 1.29 is 4.74 Å². The van der Waals surface area contributed by atoms with Gasteiger partial charge in [-0.15, -0.1) is 0 Å². The third-order valence-corrected chi connectivity index (χ3v) is 2.10. The van der Waals surface area contributed by atoms with E-state index in [1.165, 1.54) is 5.56 Å². The summed E-state index contributed by atoms with van der Waals surface area (Å²) >= 11 is 0. The summed E-state index contributed by atoms with van der Waals surface area (Å²) in [5, 5.41) is 0. The molecule has 2 nitrogen and oxygen atoms in total. The maximum Gasteiger partial charge on any atom is 0.126 e. The normalized spacial score (nSPS) is 19.1. The first-order valence-electron chi connectivity index (χ1n) is 3.77. The zero-order chi connectivity index (χ0) is 7.90. The number of pyridine rings is 1. The molecule has 0 atom stereocenters. The highest BCUT2D eigenvalue weighted by atomic mass is 16.5. The standard InChI is InChI=1S/C9H11NO/c1-9(2)6-11-8-3-4-10-5-7(8)9/h3-5H,6H2,1-2H3. The molecule has 0 amide bonds. The molecule has 11 heavy (non-hydrogen) atoms. The molecule has 58 valence electrons. The Labute approximate surface area is 66.2 Å². The maximum absolute atomic E-state index is 5.47. The lowest BCUT2D eigenvalue weighted by molar-refractivity contribution is 0.291. The molecule has 2 heteroatoms. The van der Waals surface area contributed by atoms with Crippen LogP contribution in [0.3, 0.4) is 0 Å². The summed E-state index contributed by atoms with van der Waals surface area (Å²) < 4.78 is 5.47. The van der Waals surface area contributed by atoms with Gasteiger partial charge in [0.15, 0.2) is 0 Å². The predicted molar refractivity (Wildman–Crippen MR) is 42.8 cm³/mol. The quantitative estimate of drug-likeness (QED) is 0.560. The summed E-state index contributed by atoms with van der Waals surface area (Å²) in [6, 6.07) is 1.92. The highest BCUT2D eigenvalue weighted by molar-refractivity contribution is 5.39. The lowest BCUT2D eigenvalue weighted by Gasteiger charge is -2.13. The Morgan fingerprint density at radius 2 is 2.36 bits per heavy atom. The molecule has 2 heterocycles. The van der Waals surface area contributed by atoms with Crippen LogP contribution in [0, 0.1) is 0 Å². The van der Waals surface area contributed by atoms with Gasteiger partial charge in [0.25, 0.3) is 0 Å². The molecular weight excluding hydrogens is 138 g/mol. The zero-order valence-electron chi connectivity index (χ0n) is 6.79. The molecule has 1 aliphatic rings. The Morgan fingerprint density at radius 3 is 3.09 bits per heavy atom. The number of hydrogen-bond donors (Lipinski definition) is 0. The van der Waals surface area contributed by atoms with E-state index in [1.54, 1.807) is 6.20 Å². The molecular formula is C9H11NO. The van der Waals surface area contributed by atoms with Gasteiger partial charge in [-0.2, -0.15) is 0 Å². The summed E-state index contributed by atoms with van der Waals surface area (Å²) in [7, 11) is 0. The second kappa shape index (κ2) is 1.97. The second-order valence-corrected chi connectivity index (χ2v) is 3.54. The number of fused-ring (bicyclic) bond motifs is 1. The van der Waals surface area contributed by atoms with Crippen LogP contribution < -0.4 is 4.74 Å². The van der Waals surface area contributed by atoms with Crippen molar-refractivity contribution in [1.82, 2.24) is 4.98 Å². The van der Waals surface area contributed by atoms with Gasteiger partial charge in [0.2, 0.25) is 0 Å². The molecule has 1 aliphatic heterocycles. The van der Waals surface area contributed by atoms with Crippen LogP contribution in [0.15, 0.2) is 18.5 Å². The highest BCUT2D eigenvalue weighted by Crippen LogP contribution is 2.36. The maximum atomic E-state index is 5.47. The highest BCUT2D eigenvalue weighted by Gasteiger charge is 2.31. The Hall–Kier alpha value is -1.05. The summed E-state index contributed by atoms with van der Waals surface area (Å²) in [5.74, 6) is 0.991. The lowest BCUT2D eigenvalue weighted by atomic mass is 9.88. The Kier molecular flexibility index (Phi) is 1.19. The van der Waals surface area contributed by atoms with Crippen molar-refractivity contribution in [3.05, 3.63) is 24.0 Å². The van der Waals surface area contributed by atoms with Crippen LogP contribution in [0.5, 0.6) is 5.75 Å². The van der Waals surface area contributed by atoms with Gasteiger partial charge in [-0.25, -0.2) is 0 Å². The molecule has 0 N–H and O–H groups in total. The van der Waals surface area contributed by atoms with Crippen molar-refractivity contribution in [1.29, 1.82) is 0 Å². The van der Waals surface area contributed by atoms with Crippen molar-refractivity contribution >= 4 is 0 Å². The average Bonchev–Trinajstić information content (AvgIpc) is 2.29. The van der Waals surface area contributed by atoms with Crippen molar-refractivity contribution in [3.8, 4) is 5.75 Å². The molecule has 2 rings (SSSR count). The fourth-order valence-electron chi connectivity index (χ4n) is 1.35. The van der Waals surface area contributed by atoms with Gasteiger partial charge < -0.3 is 4.74 Å². The largest absolute Gasteiger partial charge is 0.492 e.